The van der Waals surface area contributed by atoms with Crippen molar-refractivity contribution in [1.82, 2.24) is 4.98 Å². The minimum Gasteiger partial charge on any atom is -0.480 e. The number of aliphatic carboxylic acids is 1. The fourth-order valence-electron chi connectivity index (χ4n) is 1.34. The molecule has 8 heteroatoms. The number of carbonyl (C=O) groups is 1. The summed E-state index contributed by atoms with van der Waals surface area (Å²) in [5.41, 5.74) is -1.08. The van der Waals surface area contributed by atoms with Crippen LogP contribution in [0.2, 0.25) is 0 Å². The summed E-state index contributed by atoms with van der Waals surface area (Å²) in [7, 11) is 1.40. The van der Waals surface area contributed by atoms with Crippen LogP contribution in [0.1, 0.15) is 12.1 Å². The molecule has 0 saturated heterocycles. The van der Waals surface area contributed by atoms with Crippen LogP contribution < -0.4 is 5.32 Å². The van der Waals surface area contributed by atoms with Gasteiger partial charge in [0, 0.05) is 20.1 Å². The molecule has 0 bridgehead atoms. The van der Waals surface area contributed by atoms with Crippen LogP contribution in [0, 0.1) is 0 Å². The number of pyridine rings is 1. The van der Waals surface area contributed by atoms with E-state index in [9.17, 15) is 18.0 Å². The van der Waals surface area contributed by atoms with Gasteiger partial charge >= 0.3 is 12.1 Å². The minimum atomic E-state index is -4.57. The summed E-state index contributed by atoms with van der Waals surface area (Å²) in [6.45, 7) is 0.170. The predicted molar refractivity (Wildman–Crippen MR) is 60.8 cm³/mol. The van der Waals surface area contributed by atoms with Gasteiger partial charge in [-0.05, 0) is 12.1 Å². The molecule has 0 aromatic carbocycles. The molecule has 1 heterocycles. The summed E-state index contributed by atoms with van der Waals surface area (Å²) in [5.74, 6) is -1.32. The zero-order valence-electron chi connectivity index (χ0n) is 10.1. The quantitative estimate of drug-likeness (QED) is 0.832. The Labute approximate surface area is 107 Å². The number of hydrogen-bond acceptors (Lipinski definition) is 4. The minimum absolute atomic E-state index is 0.115. The molecule has 0 fully saturated rings. The van der Waals surface area contributed by atoms with Crippen LogP contribution in [0.3, 0.4) is 0 Å². The maximum Gasteiger partial charge on any atom is 0.433 e. The normalized spacial score (nSPS) is 13.1. The molecule has 1 aromatic rings. The lowest BCUT2D eigenvalue weighted by Gasteiger charge is -2.15. The van der Waals surface area contributed by atoms with Gasteiger partial charge in [-0.15, -0.1) is 0 Å². The van der Waals surface area contributed by atoms with E-state index in [0.717, 1.165) is 12.1 Å². The predicted octanol–water partition coefficient (Wildman–Crippen LogP) is 2.00. The van der Waals surface area contributed by atoms with Crippen molar-refractivity contribution in [2.75, 3.05) is 19.0 Å². The van der Waals surface area contributed by atoms with E-state index in [2.05, 4.69) is 10.3 Å². The molecule has 19 heavy (non-hydrogen) atoms. The second-order valence-corrected chi connectivity index (χ2v) is 3.72. The van der Waals surface area contributed by atoms with E-state index >= 15 is 0 Å². The SMILES string of the molecule is COCCC(Nc1cccc(C(F)(F)F)n1)C(=O)O. The molecule has 0 radical (unpaired) electrons. The summed E-state index contributed by atoms with van der Waals surface area (Å²) >= 11 is 0. The Morgan fingerprint density at radius 1 is 1.53 bits per heavy atom. The number of methoxy groups -OCH3 is 1. The maximum atomic E-state index is 12.4. The third kappa shape index (κ3) is 4.74. The van der Waals surface area contributed by atoms with Gasteiger partial charge in [0.2, 0.25) is 0 Å². The number of rotatable bonds is 6. The number of halogens is 3. The Morgan fingerprint density at radius 2 is 2.21 bits per heavy atom. The molecule has 106 valence electrons. The van der Waals surface area contributed by atoms with Crippen molar-refractivity contribution in [3.05, 3.63) is 23.9 Å². The number of carboxylic acid groups (broad SMARTS) is 1. The van der Waals surface area contributed by atoms with Crippen LogP contribution in [-0.4, -0.2) is 35.8 Å². The van der Waals surface area contributed by atoms with Crippen LogP contribution in [0.4, 0.5) is 19.0 Å². The highest BCUT2D eigenvalue weighted by Gasteiger charge is 2.32. The van der Waals surface area contributed by atoms with Gasteiger partial charge in [-0.1, -0.05) is 6.07 Å². The van der Waals surface area contributed by atoms with Crippen molar-refractivity contribution in [2.45, 2.75) is 18.6 Å². The van der Waals surface area contributed by atoms with Gasteiger partial charge in [-0.25, -0.2) is 9.78 Å². The number of nitrogens with one attached hydrogen (secondary N) is 1. The lowest BCUT2D eigenvalue weighted by atomic mass is 10.2. The Hall–Kier alpha value is -1.83. The molecular formula is C11H13F3N2O3. The van der Waals surface area contributed by atoms with E-state index in [4.69, 9.17) is 9.84 Å². The molecular weight excluding hydrogens is 265 g/mol. The van der Waals surface area contributed by atoms with Crippen molar-refractivity contribution >= 4 is 11.8 Å². The van der Waals surface area contributed by atoms with Gasteiger partial charge in [0.15, 0.2) is 0 Å². The van der Waals surface area contributed by atoms with Crippen LogP contribution in [0.15, 0.2) is 18.2 Å². The zero-order valence-corrected chi connectivity index (χ0v) is 10.1. The Bertz CT molecular complexity index is 437. The molecule has 1 rings (SSSR count). The first kappa shape index (κ1) is 15.2. The topological polar surface area (TPSA) is 71.5 Å². The summed E-state index contributed by atoms with van der Waals surface area (Å²) in [6, 6.07) is 2.19. The van der Waals surface area contributed by atoms with Crippen molar-refractivity contribution in [1.29, 1.82) is 0 Å². The Kier molecular flexibility index (Phi) is 5.11. The number of alkyl halides is 3. The van der Waals surface area contributed by atoms with Crippen LogP contribution in [-0.2, 0) is 15.7 Å². The van der Waals surface area contributed by atoms with E-state index in [1.54, 1.807) is 0 Å². The number of hydrogen-bond donors (Lipinski definition) is 2. The standard InChI is InChI=1S/C11H13F3N2O3/c1-19-6-5-7(10(17)18)15-9-4-2-3-8(16-9)11(12,13)14/h2-4,7H,5-6H2,1H3,(H,15,16)(H,17,18). The van der Waals surface area contributed by atoms with Gasteiger partial charge < -0.3 is 15.2 Å². The van der Waals surface area contributed by atoms with Crippen molar-refractivity contribution < 1.29 is 27.8 Å². The Balaban J connectivity index is 2.82. The maximum absolute atomic E-state index is 12.4. The first-order valence-electron chi connectivity index (χ1n) is 5.37. The number of aromatic nitrogens is 1. The number of ether oxygens (including phenoxy) is 1. The highest BCUT2D eigenvalue weighted by Crippen LogP contribution is 2.28. The molecule has 5 nitrogen and oxygen atoms in total. The molecule has 0 aliphatic heterocycles. The fraction of sp³-hybridized carbons (Fsp3) is 0.455. The Morgan fingerprint density at radius 3 is 2.74 bits per heavy atom. The van der Waals surface area contributed by atoms with E-state index < -0.39 is 23.9 Å². The number of nitrogens with zero attached hydrogens (tertiary/aromatic N) is 1. The summed E-state index contributed by atoms with van der Waals surface area (Å²) in [6.07, 6.45) is -4.45. The first-order chi connectivity index (χ1) is 8.84. The molecule has 0 spiro atoms. The van der Waals surface area contributed by atoms with E-state index in [1.165, 1.54) is 13.2 Å². The molecule has 1 aromatic heterocycles. The summed E-state index contributed by atoms with van der Waals surface area (Å²) in [5, 5.41) is 11.4. The van der Waals surface area contributed by atoms with Crippen LogP contribution in [0.25, 0.3) is 0 Å². The van der Waals surface area contributed by atoms with Crippen molar-refractivity contribution in [2.24, 2.45) is 0 Å². The largest absolute Gasteiger partial charge is 0.480 e. The smallest absolute Gasteiger partial charge is 0.433 e. The molecule has 1 atom stereocenters. The average Bonchev–Trinajstić information content (AvgIpc) is 2.33. The monoisotopic (exact) mass is 278 g/mol. The van der Waals surface area contributed by atoms with Gasteiger partial charge in [0.1, 0.15) is 17.6 Å². The number of carboxylic acids is 1. The van der Waals surface area contributed by atoms with Gasteiger partial charge in [-0.2, -0.15) is 13.2 Å². The summed E-state index contributed by atoms with van der Waals surface area (Å²) < 4.78 is 42.1. The average molecular weight is 278 g/mol. The number of anilines is 1. The molecule has 0 aliphatic carbocycles. The second-order valence-electron chi connectivity index (χ2n) is 3.72. The van der Waals surface area contributed by atoms with Crippen LogP contribution >= 0.6 is 0 Å². The van der Waals surface area contributed by atoms with Gasteiger partial charge in [-0.3, -0.25) is 0 Å². The van der Waals surface area contributed by atoms with E-state index in [0.29, 0.717) is 0 Å². The third-order valence-corrected chi connectivity index (χ3v) is 2.27. The van der Waals surface area contributed by atoms with E-state index in [-0.39, 0.29) is 18.8 Å². The highest BCUT2D eigenvalue weighted by atomic mass is 19.4. The second kappa shape index (κ2) is 6.37. The first-order valence-corrected chi connectivity index (χ1v) is 5.37. The van der Waals surface area contributed by atoms with Gasteiger partial charge in [0.25, 0.3) is 0 Å². The fourth-order valence-corrected chi connectivity index (χ4v) is 1.34. The molecule has 0 aliphatic rings. The third-order valence-electron chi connectivity index (χ3n) is 2.27. The van der Waals surface area contributed by atoms with Gasteiger partial charge in [0.05, 0.1) is 0 Å². The van der Waals surface area contributed by atoms with Crippen molar-refractivity contribution in [3.8, 4) is 0 Å². The van der Waals surface area contributed by atoms with Crippen LogP contribution in [0.5, 0.6) is 0 Å². The highest BCUT2D eigenvalue weighted by molar-refractivity contribution is 5.76. The lowest BCUT2D eigenvalue weighted by Crippen LogP contribution is -2.31. The molecule has 1 unspecified atom stereocenters. The molecule has 0 amide bonds. The molecule has 0 saturated carbocycles. The summed E-state index contributed by atoms with van der Waals surface area (Å²) in [4.78, 5) is 14.3. The lowest BCUT2D eigenvalue weighted by molar-refractivity contribution is -0.141. The van der Waals surface area contributed by atoms with Crippen molar-refractivity contribution in [3.63, 3.8) is 0 Å². The zero-order chi connectivity index (χ0) is 14.5. The van der Waals surface area contributed by atoms with E-state index in [1.807, 2.05) is 0 Å². The molecule has 2 N–H and O–H groups in total.